The summed E-state index contributed by atoms with van der Waals surface area (Å²) < 4.78 is 0. The molecule has 0 amide bonds. The molecule has 1 heterocycles. The highest BCUT2D eigenvalue weighted by molar-refractivity contribution is 4.79. The molecule has 0 bridgehead atoms. The van der Waals surface area contributed by atoms with Crippen molar-refractivity contribution in [3.05, 3.63) is 0 Å². The molecule has 1 saturated heterocycles. The van der Waals surface area contributed by atoms with Crippen LogP contribution in [0.3, 0.4) is 0 Å². The minimum absolute atomic E-state index is 0.289. The van der Waals surface area contributed by atoms with Crippen LogP contribution in [0.25, 0.3) is 0 Å². The van der Waals surface area contributed by atoms with Crippen LogP contribution >= 0.6 is 0 Å². The summed E-state index contributed by atoms with van der Waals surface area (Å²) in [4.78, 5) is 4.90. The average Bonchev–Trinajstić information content (AvgIpc) is 2.10. The summed E-state index contributed by atoms with van der Waals surface area (Å²) >= 11 is 0. The Balaban J connectivity index is 2.32. The highest BCUT2D eigenvalue weighted by Gasteiger charge is 2.23. The van der Waals surface area contributed by atoms with Gasteiger partial charge in [0.05, 0.1) is 6.61 Å². The van der Waals surface area contributed by atoms with Gasteiger partial charge in [-0.3, -0.25) is 9.80 Å². The largest absolute Gasteiger partial charge is 0.395 e. The van der Waals surface area contributed by atoms with E-state index in [1.807, 2.05) is 0 Å². The van der Waals surface area contributed by atoms with Crippen molar-refractivity contribution in [2.75, 3.05) is 39.3 Å². The van der Waals surface area contributed by atoms with Crippen LogP contribution in [0.15, 0.2) is 0 Å². The molecule has 84 valence electrons. The minimum Gasteiger partial charge on any atom is -0.395 e. The Labute approximate surface area is 87.7 Å². The summed E-state index contributed by atoms with van der Waals surface area (Å²) in [5.74, 6) is 0.752. The molecule has 1 aliphatic heterocycles. The van der Waals surface area contributed by atoms with E-state index < -0.39 is 0 Å². The van der Waals surface area contributed by atoms with Crippen LogP contribution in [0.4, 0.5) is 0 Å². The summed E-state index contributed by atoms with van der Waals surface area (Å²) in [6, 6.07) is 0.637. The van der Waals surface area contributed by atoms with Crippen LogP contribution in [0.2, 0.25) is 0 Å². The van der Waals surface area contributed by atoms with E-state index in [0.29, 0.717) is 6.04 Å². The first-order chi connectivity index (χ1) is 6.63. The van der Waals surface area contributed by atoms with Crippen molar-refractivity contribution < 1.29 is 5.11 Å². The molecule has 0 radical (unpaired) electrons. The van der Waals surface area contributed by atoms with E-state index in [4.69, 9.17) is 5.11 Å². The first kappa shape index (κ1) is 12.0. The Kier molecular flexibility index (Phi) is 4.85. The Morgan fingerprint density at radius 2 is 2.07 bits per heavy atom. The third kappa shape index (κ3) is 3.56. The van der Waals surface area contributed by atoms with Gasteiger partial charge in [-0.2, -0.15) is 0 Å². The summed E-state index contributed by atoms with van der Waals surface area (Å²) in [5.41, 5.74) is 0. The highest BCUT2D eigenvalue weighted by Crippen LogP contribution is 2.11. The standard InChI is InChI=1S/C11H24N2O/c1-10(2)8-13-5-4-12(6-7-14)9-11(13)3/h10-11,14H,4-9H2,1-3H3. The van der Waals surface area contributed by atoms with E-state index >= 15 is 0 Å². The highest BCUT2D eigenvalue weighted by atomic mass is 16.3. The van der Waals surface area contributed by atoms with Crippen LogP contribution in [0, 0.1) is 5.92 Å². The summed E-state index contributed by atoms with van der Waals surface area (Å²) in [7, 11) is 0. The van der Waals surface area contributed by atoms with Crippen molar-refractivity contribution in [2.45, 2.75) is 26.8 Å². The maximum absolute atomic E-state index is 8.86. The number of piperazine rings is 1. The zero-order valence-electron chi connectivity index (χ0n) is 9.74. The fourth-order valence-corrected chi connectivity index (χ4v) is 2.16. The monoisotopic (exact) mass is 200 g/mol. The van der Waals surface area contributed by atoms with Crippen molar-refractivity contribution in [2.24, 2.45) is 5.92 Å². The molecule has 0 aromatic carbocycles. The first-order valence-corrected chi connectivity index (χ1v) is 5.70. The van der Waals surface area contributed by atoms with Gasteiger partial charge < -0.3 is 5.11 Å². The van der Waals surface area contributed by atoms with Crippen LogP contribution in [0.5, 0.6) is 0 Å². The number of rotatable bonds is 4. The van der Waals surface area contributed by atoms with E-state index in [9.17, 15) is 0 Å². The molecule has 3 heteroatoms. The molecule has 1 unspecified atom stereocenters. The third-order valence-corrected chi connectivity index (χ3v) is 2.87. The van der Waals surface area contributed by atoms with Gasteiger partial charge in [0.1, 0.15) is 0 Å². The molecule has 0 spiro atoms. The lowest BCUT2D eigenvalue weighted by Crippen LogP contribution is -2.53. The number of β-amino-alcohol motifs (C(OH)–C–C–N with tert-alkyl or cyclic N) is 1. The molecule has 14 heavy (non-hydrogen) atoms. The van der Waals surface area contributed by atoms with E-state index in [-0.39, 0.29) is 6.61 Å². The van der Waals surface area contributed by atoms with Crippen LogP contribution in [-0.4, -0.2) is 60.3 Å². The Hall–Kier alpha value is -0.120. The van der Waals surface area contributed by atoms with E-state index in [2.05, 4.69) is 30.6 Å². The van der Waals surface area contributed by atoms with Gasteiger partial charge in [-0.15, -0.1) is 0 Å². The average molecular weight is 200 g/mol. The fraction of sp³-hybridized carbons (Fsp3) is 1.00. The summed E-state index contributed by atoms with van der Waals surface area (Å²) in [6.07, 6.45) is 0. The Morgan fingerprint density at radius 3 is 2.57 bits per heavy atom. The maximum Gasteiger partial charge on any atom is 0.0558 e. The predicted octanol–water partition coefficient (Wildman–Crippen LogP) is 0.641. The maximum atomic E-state index is 8.86. The van der Waals surface area contributed by atoms with Gasteiger partial charge in [-0.25, -0.2) is 0 Å². The number of aliphatic hydroxyl groups excluding tert-OH is 1. The quantitative estimate of drug-likeness (QED) is 0.721. The van der Waals surface area contributed by atoms with Crippen LogP contribution < -0.4 is 0 Å². The second-order valence-electron chi connectivity index (χ2n) is 4.76. The molecule has 1 rings (SSSR count). The summed E-state index contributed by atoms with van der Waals surface area (Å²) in [6.45, 7) is 12.5. The lowest BCUT2D eigenvalue weighted by molar-refractivity contribution is 0.0638. The van der Waals surface area contributed by atoms with Crippen molar-refractivity contribution in [1.82, 2.24) is 9.80 Å². The molecule has 3 nitrogen and oxygen atoms in total. The lowest BCUT2D eigenvalue weighted by atomic mass is 10.1. The SMILES string of the molecule is CC(C)CN1CCN(CCO)CC1C. The predicted molar refractivity (Wildman–Crippen MR) is 59.4 cm³/mol. The van der Waals surface area contributed by atoms with Crippen molar-refractivity contribution in [3.8, 4) is 0 Å². The second kappa shape index (κ2) is 5.69. The van der Waals surface area contributed by atoms with Crippen molar-refractivity contribution >= 4 is 0 Å². The molecule has 0 aliphatic carbocycles. The van der Waals surface area contributed by atoms with Gasteiger partial charge in [-0.1, -0.05) is 13.8 Å². The molecule has 1 aliphatic rings. The van der Waals surface area contributed by atoms with E-state index in [0.717, 1.165) is 32.1 Å². The number of aliphatic hydroxyl groups is 1. The zero-order valence-corrected chi connectivity index (χ0v) is 9.74. The molecular weight excluding hydrogens is 176 g/mol. The number of hydrogen-bond acceptors (Lipinski definition) is 3. The van der Waals surface area contributed by atoms with Gasteiger partial charge >= 0.3 is 0 Å². The Bertz CT molecular complexity index is 161. The van der Waals surface area contributed by atoms with Gasteiger partial charge in [-0.05, 0) is 12.8 Å². The lowest BCUT2D eigenvalue weighted by Gasteiger charge is -2.40. The van der Waals surface area contributed by atoms with Gasteiger partial charge in [0.2, 0.25) is 0 Å². The van der Waals surface area contributed by atoms with E-state index in [1.54, 1.807) is 0 Å². The number of hydrogen-bond donors (Lipinski definition) is 1. The smallest absolute Gasteiger partial charge is 0.0558 e. The molecule has 0 aromatic rings. The minimum atomic E-state index is 0.289. The van der Waals surface area contributed by atoms with Crippen molar-refractivity contribution in [1.29, 1.82) is 0 Å². The molecule has 1 fully saturated rings. The zero-order chi connectivity index (χ0) is 10.6. The fourth-order valence-electron chi connectivity index (χ4n) is 2.16. The topological polar surface area (TPSA) is 26.7 Å². The van der Waals surface area contributed by atoms with E-state index in [1.165, 1.54) is 6.54 Å². The third-order valence-electron chi connectivity index (χ3n) is 2.87. The van der Waals surface area contributed by atoms with Gasteiger partial charge in [0.25, 0.3) is 0 Å². The molecule has 0 aromatic heterocycles. The molecule has 1 N–H and O–H groups in total. The number of nitrogens with zero attached hydrogens (tertiary/aromatic N) is 2. The second-order valence-corrected chi connectivity index (χ2v) is 4.76. The molecule has 0 saturated carbocycles. The van der Waals surface area contributed by atoms with Crippen LogP contribution in [-0.2, 0) is 0 Å². The van der Waals surface area contributed by atoms with Crippen molar-refractivity contribution in [3.63, 3.8) is 0 Å². The normalized spacial score (nSPS) is 25.9. The Morgan fingerprint density at radius 1 is 1.36 bits per heavy atom. The molecular formula is C11H24N2O. The summed E-state index contributed by atoms with van der Waals surface area (Å²) in [5, 5.41) is 8.86. The van der Waals surface area contributed by atoms with Gasteiger partial charge in [0.15, 0.2) is 0 Å². The van der Waals surface area contributed by atoms with Crippen LogP contribution in [0.1, 0.15) is 20.8 Å². The van der Waals surface area contributed by atoms with Gasteiger partial charge in [0, 0.05) is 38.8 Å². The molecule has 1 atom stereocenters. The first-order valence-electron chi connectivity index (χ1n) is 5.70.